The molecule has 8 nitrogen and oxygen atoms in total. The minimum atomic E-state index is -4.51. The third-order valence-corrected chi connectivity index (χ3v) is 4.54. The molecule has 1 aliphatic rings. The second kappa shape index (κ2) is 7.14. The lowest BCUT2D eigenvalue weighted by Crippen LogP contribution is -2.22. The molecule has 1 aliphatic carbocycles. The van der Waals surface area contributed by atoms with Gasteiger partial charge in [0.1, 0.15) is 5.71 Å². The molecule has 0 spiro atoms. The zero-order chi connectivity index (χ0) is 19.6. The highest BCUT2D eigenvalue weighted by Gasteiger charge is 2.26. The van der Waals surface area contributed by atoms with Crippen molar-refractivity contribution in [2.45, 2.75) is 11.8 Å². The van der Waals surface area contributed by atoms with Gasteiger partial charge in [-0.05, 0) is 35.9 Å². The van der Waals surface area contributed by atoms with Gasteiger partial charge in [-0.3, -0.25) is 19.6 Å². The molecule has 0 aliphatic heterocycles. The Morgan fingerprint density at radius 3 is 2.44 bits per heavy atom. The highest BCUT2D eigenvalue weighted by atomic mass is 32.2. The van der Waals surface area contributed by atoms with Crippen LogP contribution in [0.25, 0.3) is 6.08 Å². The molecule has 0 unspecified atom stereocenters. The standard InChI is InChI=1S/C18H15N3O5S/c1-11(22)19-16-10-14(27(24,25)26)9-12-7-8-15(18(23)17(12)16)21-20-13-5-3-2-4-6-13/h2-10,20H,1H3,(H,19,22)(H,24,25,26)/b21-15-. The van der Waals surface area contributed by atoms with E-state index in [1.165, 1.54) is 19.1 Å². The van der Waals surface area contributed by atoms with Crippen LogP contribution in [0.4, 0.5) is 11.4 Å². The number of nitrogens with one attached hydrogen (secondary N) is 2. The first-order valence-corrected chi connectivity index (χ1v) is 9.24. The van der Waals surface area contributed by atoms with Crippen molar-refractivity contribution in [1.29, 1.82) is 0 Å². The fourth-order valence-corrected chi connectivity index (χ4v) is 3.10. The Morgan fingerprint density at radius 2 is 1.81 bits per heavy atom. The van der Waals surface area contributed by atoms with E-state index in [-0.39, 0.29) is 22.5 Å². The molecule has 138 valence electrons. The van der Waals surface area contributed by atoms with Gasteiger partial charge in [0.05, 0.1) is 21.8 Å². The maximum absolute atomic E-state index is 12.8. The van der Waals surface area contributed by atoms with Crippen LogP contribution in [-0.4, -0.2) is 30.4 Å². The van der Waals surface area contributed by atoms with Crippen LogP contribution in [-0.2, 0) is 14.9 Å². The Hall–Kier alpha value is -3.30. The van der Waals surface area contributed by atoms with Crippen molar-refractivity contribution in [1.82, 2.24) is 0 Å². The van der Waals surface area contributed by atoms with Crippen molar-refractivity contribution >= 4 is 45.0 Å². The molecule has 0 saturated carbocycles. The highest BCUT2D eigenvalue weighted by Crippen LogP contribution is 2.30. The minimum Gasteiger partial charge on any atom is -0.326 e. The van der Waals surface area contributed by atoms with E-state index in [1.54, 1.807) is 12.1 Å². The summed E-state index contributed by atoms with van der Waals surface area (Å²) in [6.45, 7) is 1.22. The molecule has 9 heteroatoms. The Morgan fingerprint density at radius 1 is 1.11 bits per heavy atom. The van der Waals surface area contributed by atoms with Crippen molar-refractivity contribution in [3.8, 4) is 0 Å². The first-order chi connectivity index (χ1) is 12.8. The van der Waals surface area contributed by atoms with Gasteiger partial charge in [-0.15, -0.1) is 0 Å². The highest BCUT2D eigenvalue weighted by molar-refractivity contribution is 7.85. The molecular weight excluding hydrogens is 370 g/mol. The van der Waals surface area contributed by atoms with E-state index < -0.39 is 26.7 Å². The topological polar surface area (TPSA) is 125 Å². The molecule has 2 aromatic rings. The maximum Gasteiger partial charge on any atom is 0.294 e. The van der Waals surface area contributed by atoms with E-state index in [0.29, 0.717) is 5.69 Å². The number of hydrogen-bond donors (Lipinski definition) is 3. The van der Waals surface area contributed by atoms with Gasteiger partial charge < -0.3 is 5.32 Å². The van der Waals surface area contributed by atoms with Gasteiger partial charge in [0.25, 0.3) is 10.1 Å². The number of ketones is 1. The Kier molecular flexibility index (Phi) is 4.89. The molecule has 0 bridgehead atoms. The molecule has 0 fully saturated rings. The Bertz CT molecular complexity index is 1090. The van der Waals surface area contributed by atoms with Crippen LogP contribution >= 0.6 is 0 Å². The lowest BCUT2D eigenvalue weighted by molar-refractivity contribution is -0.114. The monoisotopic (exact) mass is 385 g/mol. The van der Waals surface area contributed by atoms with E-state index in [0.717, 1.165) is 12.1 Å². The quantitative estimate of drug-likeness (QED) is 0.549. The molecule has 27 heavy (non-hydrogen) atoms. The van der Waals surface area contributed by atoms with Crippen LogP contribution in [0.1, 0.15) is 22.8 Å². The maximum atomic E-state index is 12.8. The number of hydrogen-bond acceptors (Lipinski definition) is 6. The lowest BCUT2D eigenvalue weighted by Gasteiger charge is -2.17. The molecule has 1 amide bonds. The molecule has 2 aromatic carbocycles. The van der Waals surface area contributed by atoms with Crippen LogP contribution in [0.3, 0.4) is 0 Å². The Balaban J connectivity index is 2.05. The molecule has 0 radical (unpaired) electrons. The summed E-state index contributed by atoms with van der Waals surface area (Å²) >= 11 is 0. The summed E-state index contributed by atoms with van der Waals surface area (Å²) in [4.78, 5) is 23.9. The number of carbonyl (C=O) groups is 2. The zero-order valence-corrected chi connectivity index (χ0v) is 14.9. The van der Waals surface area contributed by atoms with Gasteiger partial charge in [0.15, 0.2) is 0 Å². The lowest BCUT2D eigenvalue weighted by atomic mass is 9.93. The number of hydrazone groups is 1. The first kappa shape index (κ1) is 18.5. The van der Waals surface area contributed by atoms with Gasteiger partial charge in [-0.2, -0.15) is 13.5 Å². The third kappa shape index (κ3) is 4.10. The van der Waals surface area contributed by atoms with Crippen LogP contribution in [0.5, 0.6) is 0 Å². The third-order valence-electron chi connectivity index (χ3n) is 3.71. The van der Waals surface area contributed by atoms with Crippen molar-refractivity contribution < 1.29 is 22.6 Å². The largest absolute Gasteiger partial charge is 0.326 e. The summed E-state index contributed by atoms with van der Waals surface area (Å²) in [5.74, 6) is -0.991. The zero-order valence-electron chi connectivity index (χ0n) is 14.1. The summed E-state index contributed by atoms with van der Waals surface area (Å²) in [6.07, 6.45) is 2.91. The van der Waals surface area contributed by atoms with Gasteiger partial charge in [-0.1, -0.05) is 24.3 Å². The summed E-state index contributed by atoms with van der Waals surface area (Å²) in [7, 11) is -4.51. The normalized spacial score (nSPS) is 14.7. The average Bonchev–Trinajstić information content (AvgIpc) is 2.60. The van der Waals surface area contributed by atoms with E-state index in [4.69, 9.17) is 0 Å². The number of benzene rings is 2. The van der Waals surface area contributed by atoms with Crippen LogP contribution < -0.4 is 10.7 Å². The van der Waals surface area contributed by atoms with E-state index in [9.17, 15) is 22.6 Å². The molecular formula is C18H15N3O5S. The summed E-state index contributed by atoms with van der Waals surface area (Å²) in [5, 5.41) is 6.50. The van der Waals surface area contributed by atoms with Crippen LogP contribution in [0, 0.1) is 0 Å². The number of carbonyl (C=O) groups excluding carboxylic acids is 2. The fourth-order valence-electron chi connectivity index (χ4n) is 2.56. The summed E-state index contributed by atoms with van der Waals surface area (Å²) in [5.41, 5.74) is 3.85. The van der Waals surface area contributed by atoms with E-state index in [2.05, 4.69) is 15.8 Å². The number of anilines is 2. The van der Waals surface area contributed by atoms with Gasteiger partial charge in [0, 0.05) is 6.92 Å². The predicted molar refractivity (Wildman–Crippen MR) is 101 cm³/mol. The minimum absolute atomic E-state index is 0.0191. The number of nitrogens with zero attached hydrogens (tertiary/aromatic N) is 1. The van der Waals surface area contributed by atoms with E-state index >= 15 is 0 Å². The van der Waals surface area contributed by atoms with E-state index in [1.807, 2.05) is 18.2 Å². The van der Waals surface area contributed by atoms with Gasteiger partial charge >= 0.3 is 0 Å². The molecule has 0 heterocycles. The number of para-hydroxylation sites is 1. The SMILES string of the molecule is CC(=O)Nc1cc(S(=O)(=O)O)cc2c1C(=O)/C(=N\Nc1ccccc1)C=C2. The second-order valence-corrected chi connectivity index (χ2v) is 7.15. The fraction of sp³-hybridized carbons (Fsp3) is 0.0556. The molecule has 3 rings (SSSR count). The number of fused-ring (bicyclic) bond motifs is 1. The molecule has 0 atom stereocenters. The van der Waals surface area contributed by atoms with Crippen molar-refractivity contribution in [2.24, 2.45) is 5.10 Å². The van der Waals surface area contributed by atoms with Crippen molar-refractivity contribution in [3.05, 3.63) is 59.7 Å². The number of allylic oxidation sites excluding steroid dienone is 1. The van der Waals surface area contributed by atoms with Crippen molar-refractivity contribution in [3.63, 3.8) is 0 Å². The van der Waals surface area contributed by atoms with Crippen LogP contribution in [0.15, 0.2) is 58.5 Å². The Labute approximate surface area is 155 Å². The second-order valence-electron chi connectivity index (χ2n) is 5.73. The molecule has 0 aromatic heterocycles. The van der Waals surface area contributed by atoms with Gasteiger partial charge in [-0.25, -0.2) is 0 Å². The summed E-state index contributed by atoms with van der Waals surface area (Å²) in [6, 6.07) is 11.2. The smallest absolute Gasteiger partial charge is 0.294 e. The predicted octanol–water partition coefficient (Wildman–Crippen LogP) is 2.57. The number of rotatable bonds is 4. The van der Waals surface area contributed by atoms with Gasteiger partial charge in [0.2, 0.25) is 11.7 Å². The average molecular weight is 385 g/mol. The van der Waals surface area contributed by atoms with Crippen LogP contribution in [0.2, 0.25) is 0 Å². The molecule has 3 N–H and O–H groups in total. The first-order valence-electron chi connectivity index (χ1n) is 7.80. The summed E-state index contributed by atoms with van der Waals surface area (Å²) < 4.78 is 32.2. The molecule has 0 saturated heterocycles. The number of amides is 1. The van der Waals surface area contributed by atoms with Crippen molar-refractivity contribution in [2.75, 3.05) is 10.7 Å². The number of Topliss-reactive ketones (excluding diaryl/α,β-unsaturated/α-hetero) is 1.